The number of carbonyl (C=O) groups excluding carboxylic acids is 1. The molecule has 0 saturated carbocycles. The van der Waals surface area contributed by atoms with Crippen LogP contribution >= 0.6 is 0 Å². The molecule has 1 amide bonds. The highest BCUT2D eigenvalue weighted by Gasteiger charge is 2.29. The first kappa shape index (κ1) is 13.4. The molecule has 1 heterocycles. The van der Waals surface area contributed by atoms with Gasteiger partial charge in [0.05, 0.1) is 6.61 Å². The standard InChI is InChI=1S/C14H17NO4/c1-9(2)15(8-16)13(14(17)18)11-3-4-12-10(7-11)5-6-19-12/h3-4,7-9,13H,5-6H2,1-2H3,(H,17,18). The lowest BCUT2D eigenvalue weighted by Gasteiger charge is -2.29. The number of hydrogen-bond donors (Lipinski definition) is 1. The molecular weight excluding hydrogens is 246 g/mol. The van der Waals surface area contributed by atoms with E-state index in [-0.39, 0.29) is 6.04 Å². The number of nitrogens with zero attached hydrogens (tertiary/aromatic N) is 1. The molecule has 0 aromatic heterocycles. The summed E-state index contributed by atoms with van der Waals surface area (Å²) in [5.74, 6) is -0.227. The zero-order chi connectivity index (χ0) is 14.0. The van der Waals surface area contributed by atoms with E-state index in [1.807, 2.05) is 6.07 Å². The van der Waals surface area contributed by atoms with Crippen LogP contribution in [0.3, 0.4) is 0 Å². The summed E-state index contributed by atoms with van der Waals surface area (Å²) in [6.45, 7) is 4.21. The van der Waals surface area contributed by atoms with Gasteiger partial charge in [-0.05, 0) is 37.1 Å². The lowest BCUT2D eigenvalue weighted by Crippen LogP contribution is -2.38. The molecule has 0 bridgehead atoms. The van der Waals surface area contributed by atoms with E-state index in [4.69, 9.17) is 4.74 Å². The molecule has 1 N–H and O–H groups in total. The minimum atomic E-state index is -1.03. The number of carboxylic acid groups (broad SMARTS) is 1. The molecular formula is C14H17NO4. The summed E-state index contributed by atoms with van der Waals surface area (Å²) >= 11 is 0. The third-order valence-corrected chi connectivity index (χ3v) is 3.28. The van der Waals surface area contributed by atoms with Crippen molar-refractivity contribution in [2.75, 3.05) is 6.61 Å². The normalized spacial score (nSPS) is 14.7. The van der Waals surface area contributed by atoms with Crippen molar-refractivity contribution in [1.29, 1.82) is 0 Å². The van der Waals surface area contributed by atoms with Crippen molar-refractivity contribution in [2.45, 2.75) is 32.4 Å². The van der Waals surface area contributed by atoms with Gasteiger partial charge in [-0.25, -0.2) is 4.79 Å². The van der Waals surface area contributed by atoms with Gasteiger partial charge in [0.25, 0.3) is 0 Å². The molecule has 1 unspecified atom stereocenters. The molecule has 102 valence electrons. The maximum Gasteiger partial charge on any atom is 0.331 e. The molecule has 2 rings (SSSR count). The Morgan fingerprint density at radius 1 is 1.47 bits per heavy atom. The first-order chi connectivity index (χ1) is 9.04. The van der Waals surface area contributed by atoms with Gasteiger partial charge < -0.3 is 14.7 Å². The predicted molar refractivity (Wildman–Crippen MR) is 69.1 cm³/mol. The van der Waals surface area contributed by atoms with Gasteiger partial charge >= 0.3 is 5.97 Å². The fourth-order valence-electron chi connectivity index (χ4n) is 2.30. The summed E-state index contributed by atoms with van der Waals surface area (Å²) in [5.41, 5.74) is 1.61. The largest absolute Gasteiger partial charge is 0.493 e. The number of benzene rings is 1. The van der Waals surface area contributed by atoms with Gasteiger partial charge in [0.2, 0.25) is 6.41 Å². The number of amides is 1. The van der Waals surface area contributed by atoms with E-state index >= 15 is 0 Å². The average molecular weight is 263 g/mol. The van der Waals surface area contributed by atoms with Gasteiger partial charge in [-0.3, -0.25) is 4.79 Å². The Labute approximate surface area is 111 Å². The minimum absolute atomic E-state index is 0.178. The van der Waals surface area contributed by atoms with Crippen LogP contribution in [-0.4, -0.2) is 35.0 Å². The van der Waals surface area contributed by atoms with Crippen molar-refractivity contribution in [2.24, 2.45) is 0 Å². The lowest BCUT2D eigenvalue weighted by atomic mass is 10.0. The fourth-order valence-corrected chi connectivity index (χ4v) is 2.30. The van der Waals surface area contributed by atoms with Gasteiger partial charge in [-0.1, -0.05) is 6.07 Å². The Balaban J connectivity index is 2.39. The van der Waals surface area contributed by atoms with Gasteiger partial charge in [-0.2, -0.15) is 0 Å². The Morgan fingerprint density at radius 3 is 2.79 bits per heavy atom. The maximum absolute atomic E-state index is 11.5. The summed E-state index contributed by atoms with van der Waals surface area (Å²) in [7, 11) is 0. The predicted octanol–water partition coefficient (Wildman–Crippen LogP) is 1.61. The smallest absolute Gasteiger partial charge is 0.331 e. The van der Waals surface area contributed by atoms with Crippen molar-refractivity contribution in [3.05, 3.63) is 29.3 Å². The van der Waals surface area contributed by atoms with E-state index in [9.17, 15) is 14.7 Å². The quantitative estimate of drug-likeness (QED) is 0.820. The molecule has 0 saturated heterocycles. The molecule has 0 radical (unpaired) electrons. The Kier molecular flexibility index (Phi) is 3.74. The Morgan fingerprint density at radius 2 is 2.21 bits per heavy atom. The van der Waals surface area contributed by atoms with E-state index in [2.05, 4.69) is 0 Å². The number of carboxylic acids is 1. The van der Waals surface area contributed by atoms with Gasteiger partial charge in [0, 0.05) is 12.5 Å². The maximum atomic E-state index is 11.5. The van der Waals surface area contributed by atoms with Crippen LogP contribution in [0.4, 0.5) is 0 Å². The van der Waals surface area contributed by atoms with Crippen LogP contribution in [0.15, 0.2) is 18.2 Å². The average Bonchev–Trinajstić information content (AvgIpc) is 2.81. The summed E-state index contributed by atoms with van der Waals surface area (Å²) in [6, 6.07) is 4.17. The van der Waals surface area contributed by atoms with Crippen molar-refractivity contribution in [1.82, 2.24) is 4.90 Å². The van der Waals surface area contributed by atoms with E-state index in [1.54, 1.807) is 26.0 Å². The molecule has 1 aromatic carbocycles. The van der Waals surface area contributed by atoms with Crippen LogP contribution in [0.2, 0.25) is 0 Å². The first-order valence-electron chi connectivity index (χ1n) is 6.25. The summed E-state index contributed by atoms with van der Waals surface area (Å²) in [6.07, 6.45) is 1.37. The summed E-state index contributed by atoms with van der Waals surface area (Å²) in [5, 5.41) is 9.39. The highest BCUT2D eigenvalue weighted by Crippen LogP contribution is 2.30. The van der Waals surface area contributed by atoms with Crippen molar-refractivity contribution in [3.63, 3.8) is 0 Å². The topological polar surface area (TPSA) is 66.8 Å². The summed E-state index contributed by atoms with van der Waals surface area (Å²) in [4.78, 5) is 23.9. The Hall–Kier alpha value is -2.04. The van der Waals surface area contributed by atoms with E-state index < -0.39 is 12.0 Å². The molecule has 1 aliphatic rings. The Bertz CT molecular complexity index is 498. The number of carbonyl (C=O) groups is 2. The van der Waals surface area contributed by atoms with Crippen molar-refractivity contribution >= 4 is 12.4 Å². The highest BCUT2D eigenvalue weighted by atomic mass is 16.5. The van der Waals surface area contributed by atoms with E-state index in [0.29, 0.717) is 18.6 Å². The van der Waals surface area contributed by atoms with E-state index in [0.717, 1.165) is 17.7 Å². The lowest BCUT2D eigenvalue weighted by molar-refractivity contribution is -0.148. The first-order valence-corrected chi connectivity index (χ1v) is 6.25. The van der Waals surface area contributed by atoms with Crippen LogP contribution in [0.1, 0.15) is 31.0 Å². The molecule has 19 heavy (non-hydrogen) atoms. The zero-order valence-electron chi connectivity index (χ0n) is 11.0. The second kappa shape index (κ2) is 5.30. The third-order valence-electron chi connectivity index (χ3n) is 3.28. The number of aliphatic carboxylic acids is 1. The number of fused-ring (bicyclic) bond motifs is 1. The zero-order valence-corrected chi connectivity index (χ0v) is 11.0. The van der Waals surface area contributed by atoms with Crippen LogP contribution < -0.4 is 4.74 Å². The molecule has 5 heteroatoms. The monoisotopic (exact) mass is 263 g/mol. The van der Waals surface area contributed by atoms with Crippen LogP contribution in [0, 0.1) is 0 Å². The second-order valence-corrected chi connectivity index (χ2v) is 4.85. The molecule has 1 aromatic rings. The highest BCUT2D eigenvalue weighted by molar-refractivity contribution is 5.78. The minimum Gasteiger partial charge on any atom is -0.493 e. The molecule has 0 aliphatic carbocycles. The number of ether oxygens (including phenoxy) is 1. The molecule has 0 fully saturated rings. The van der Waals surface area contributed by atoms with Gasteiger partial charge in [-0.15, -0.1) is 0 Å². The molecule has 5 nitrogen and oxygen atoms in total. The number of hydrogen-bond acceptors (Lipinski definition) is 3. The second-order valence-electron chi connectivity index (χ2n) is 4.85. The van der Waals surface area contributed by atoms with Crippen LogP contribution in [0.5, 0.6) is 5.75 Å². The SMILES string of the molecule is CC(C)N(C=O)C(C(=O)O)c1ccc2c(c1)CCO2. The molecule has 1 atom stereocenters. The van der Waals surface area contributed by atoms with Gasteiger partial charge in [0.1, 0.15) is 5.75 Å². The van der Waals surface area contributed by atoms with Crippen molar-refractivity contribution < 1.29 is 19.4 Å². The third kappa shape index (κ3) is 2.54. The number of rotatable bonds is 5. The van der Waals surface area contributed by atoms with Gasteiger partial charge in [0.15, 0.2) is 6.04 Å². The van der Waals surface area contributed by atoms with Crippen LogP contribution in [0.25, 0.3) is 0 Å². The molecule has 1 aliphatic heterocycles. The fraction of sp³-hybridized carbons (Fsp3) is 0.429. The van der Waals surface area contributed by atoms with E-state index in [1.165, 1.54) is 4.90 Å². The molecule has 0 spiro atoms. The van der Waals surface area contributed by atoms with Crippen molar-refractivity contribution in [3.8, 4) is 5.75 Å². The van der Waals surface area contributed by atoms with Crippen LogP contribution in [-0.2, 0) is 16.0 Å². The summed E-state index contributed by atoms with van der Waals surface area (Å²) < 4.78 is 5.40.